The Balaban J connectivity index is 3.06. The van der Waals surface area contributed by atoms with Gasteiger partial charge in [0.15, 0.2) is 0 Å². The maximum atomic E-state index is 12.0. The Bertz CT molecular complexity index is 254. The van der Waals surface area contributed by atoms with Gasteiger partial charge in [-0.25, -0.2) is 5.54 Å². The van der Waals surface area contributed by atoms with Crippen LogP contribution in [0, 0.1) is 0 Å². The SMILES string of the molecule is COc1ccc(Cl)cc1NF. The number of nitrogens with one attached hydrogen (secondary N) is 1. The highest BCUT2D eigenvalue weighted by Crippen LogP contribution is 2.27. The topological polar surface area (TPSA) is 21.3 Å². The molecule has 0 unspecified atom stereocenters. The van der Waals surface area contributed by atoms with Gasteiger partial charge in [0.25, 0.3) is 0 Å². The third-order valence-corrected chi connectivity index (χ3v) is 1.50. The molecule has 1 aromatic rings. The van der Waals surface area contributed by atoms with E-state index < -0.39 is 0 Å². The molecule has 60 valence electrons. The summed E-state index contributed by atoms with van der Waals surface area (Å²) >= 11 is 5.59. The zero-order valence-electron chi connectivity index (χ0n) is 5.90. The van der Waals surface area contributed by atoms with Gasteiger partial charge in [-0.3, -0.25) is 0 Å². The van der Waals surface area contributed by atoms with E-state index in [0.29, 0.717) is 10.8 Å². The van der Waals surface area contributed by atoms with Crippen LogP contribution in [0.5, 0.6) is 5.75 Å². The molecule has 0 saturated carbocycles. The highest BCUT2D eigenvalue weighted by molar-refractivity contribution is 6.30. The van der Waals surface area contributed by atoms with E-state index in [1.807, 2.05) is 0 Å². The first-order chi connectivity index (χ1) is 5.27. The van der Waals surface area contributed by atoms with E-state index in [2.05, 4.69) is 0 Å². The Morgan fingerprint density at radius 1 is 1.55 bits per heavy atom. The summed E-state index contributed by atoms with van der Waals surface area (Å²) in [4.78, 5) is 0. The van der Waals surface area contributed by atoms with Gasteiger partial charge in [-0.05, 0) is 18.2 Å². The molecule has 4 heteroatoms. The Kier molecular flexibility index (Phi) is 2.54. The molecule has 0 heterocycles. The van der Waals surface area contributed by atoms with E-state index in [4.69, 9.17) is 16.3 Å². The third kappa shape index (κ3) is 1.74. The van der Waals surface area contributed by atoms with Crippen LogP contribution >= 0.6 is 11.6 Å². The highest BCUT2D eigenvalue weighted by Gasteiger charge is 2.01. The quantitative estimate of drug-likeness (QED) is 0.698. The van der Waals surface area contributed by atoms with Crippen molar-refractivity contribution in [2.24, 2.45) is 0 Å². The van der Waals surface area contributed by atoms with Crippen LogP contribution in [0.25, 0.3) is 0 Å². The molecule has 1 rings (SSSR count). The Labute approximate surface area is 68.9 Å². The summed E-state index contributed by atoms with van der Waals surface area (Å²) < 4.78 is 16.8. The number of hydrogen-bond acceptors (Lipinski definition) is 2. The second kappa shape index (κ2) is 3.44. The second-order valence-corrected chi connectivity index (χ2v) is 2.38. The van der Waals surface area contributed by atoms with Crippen molar-refractivity contribution in [1.29, 1.82) is 0 Å². The zero-order chi connectivity index (χ0) is 8.27. The van der Waals surface area contributed by atoms with Crippen LogP contribution in [0.1, 0.15) is 0 Å². The number of hydrogen-bond donors (Lipinski definition) is 1. The number of methoxy groups -OCH3 is 1. The number of anilines is 1. The molecule has 1 N–H and O–H groups in total. The zero-order valence-corrected chi connectivity index (χ0v) is 6.65. The largest absolute Gasteiger partial charge is 0.494 e. The minimum atomic E-state index is 0.236. The van der Waals surface area contributed by atoms with Crippen LogP contribution in [-0.4, -0.2) is 7.11 Å². The fourth-order valence-corrected chi connectivity index (χ4v) is 0.926. The van der Waals surface area contributed by atoms with Crippen molar-refractivity contribution in [1.82, 2.24) is 0 Å². The number of benzene rings is 1. The van der Waals surface area contributed by atoms with Crippen LogP contribution in [0.2, 0.25) is 5.02 Å². The second-order valence-electron chi connectivity index (χ2n) is 1.94. The van der Waals surface area contributed by atoms with Gasteiger partial charge < -0.3 is 4.74 Å². The lowest BCUT2D eigenvalue weighted by Gasteiger charge is -2.04. The first-order valence-electron chi connectivity index (χ1n) is 2.98. The molecule has 1 aromatic carbocycles. The average Bonchev–Trinajstić information content (AvgIpc) is 2.04. The van der Waals surface area contributed by atoms with Crippen molar-refractivity contribution in [2.45, 2.75) is 0 Å². The molecule has 0 saturated heterocycles. The molecule has 11 heavy (non-hydrogen) atoms. The van der Waals surface area contributed by atoms with Crippen molar-refractivity contribution >= 4 is 17.3 Å². The summed E-state index contributed by atoms with van der Waals surface area (Å²) in [6, 6.07) is 4.66. The first kappa shape index (κ1) is 8.14. The predicted octanol–water partition coefficient (Wildman–Crippen LogP) is 2.65. The lowest BCUT2D eigenvalue weighted by atomic mass is 10.3. The summed E-state index contributed by atoms with van der Waals surface area (Å²) in [5.41, 5.74) is 1.71. The molecule has 0 aliphatic carbocycles. The fourth-order valence-electron chi connectivity index (χ4n) is 0.754. The Morgan fingerprint density at radius 3 is 2.82 bits per heavy atom. The maximum absolute atomic E-state index is 12.0. The van der Waals surface area contributed by atoms with Crippen molar-refractivity contribution in [3.8, 4) is 5.75 Å². The molecule has 2 nitrogen and oxygen atoms in total. The molecule has 0 radical (unpaired) electrons. The van der Waals surface area contributed by atoms with E-state index in [1.165, 1.54) is 18.7 Å². The van der Waals surface area contributed by atoms with Crippen LogP contribution in [0.4, 0.5) is 10.2 Å². The van der Waals surface area contributed by atoms with Gasteiger partial charge in [0.05, 0.1) is 7.11 Å². The van der Waals surface area contributed by atoms with E-state index >= 15 is 0 Å². The van der Waals surface area contributed by atoms with Crippen molar-refractivity contribution in [3.05, 3.63) is 23.2 Å². The summed E-state index contributed by atoms with van der Waals surface area (Å²) in [6.07, 6.45) is 0. The molecule has 0 spiro atoms. The Hall–Kier alpha value is -0.960. The lowest BCUT2D eigenvalue weighted by Crippen LogP contribution is -1.89. The van der Waals surface area contributed by atoms with Crippen molar-refractivity contribution < 1.29 is 9.22 Å². The summed E-state index contributed by atoms with van der Waals surface area (Å²) in [5.74, 6) is 0.428. The summed E-state index contributed by atoms with van der Waals surface area (Å²) in [6.45, 7) is 0. The minimum Gasteiger partial charge on any atom is -0.494 e. The molecular formula is C7H7ClFNO. The molecule has 0 aliphatic heterocycles. The normalized spacial score (nSPS) is 9.36. The minimum absolute atomic E-state index is 0.236. The highest BCUT2D eigenvalue weighted by atomic mass is 35.5. The Morgan fingerprint density at radius 2 is 2.27 bits per heavy atom. The van der Waals surface area contributed by atoms with Crippen LogP contribution < -0.4 is 10.3 Å². The van der Waals surface area contributed by atoms with Gasteiger partial charge in [-0.2, -0.15) is 0 Å². The average molecular weight is 176 g/mol. The number of rotatable bonds is 2. The first-order valence-corrected chi connectivity index (χ1v) is 3.36. The summed E-state index contributed by atoms with van der Waals surface area (Å²) in [5, 5.41) is 0.464. The predicted molar refractivity (Wildman–Crippen MR) is 42.7 cm³/mol. The van der Waals surface area contributed by atoms with Crippen LogP contribution in [0.3, 0.4) is 0 Å². The van der Waals surface area contributed by atoms with E-state index in [9.17, 15) is 4.48 Å². The van der Waals surface area contributed by atoms with Gasteiger partial charge in [0.1, 0.15) is 11.4 Å². The lowest BCUT2D eigenvalue weighted by molar-refractivity contribution is 0.413. The standard InChI is InChI=1S/C7H7ClFNO/c1-11-7-3-2-5(8)4-6(7)10-9/h2-4,10H,1H3. The van der Waals surface area contributed by atoms with Gasteiger partial charge in [0, 0.05) is 5.02 Å². The smallest absolute Gasteiger partial charge is 0.144 e. The van der Waals surface area contributed by atoms with Gasteiger partial charge in [-0.1, -0.05) is 11.6 Å². The van der Waals surface area contributed by atoms with Crippen molar-refractivity contribution in [2.75, 3.05) is 12.6 Å². The number of ether oxygens (including phenoxy) is 1. The molecule has 0 bridgehead atoms. The fraction of sp³-hybridized carbons (Fsp3) is 0.143. The monoisotopic (exact) mass is 175 g/mol. The van der Waals surface area contributed by atoms with Crippen LogP contribution in [-0.2, 0) is 0 Å². The van der Waals surface area contributed by atoms with Crippen LogP contribution in [0.15, 0.2) is 18.2 Å². The van der Waals surface area contributed by atoms with E-state index in [1.54, 1.807) is 12.1 Å². The third-order valence-electron chi connectivity index (χ3n) is 1.26. The molecular weight excluding hydrogens is 169 g/mol. The maximum Gasteiger partial charge on any atom is 0.144 e. The molecule has 0 amide bonds. The van der Waals surface area contributed by atoms with E-state index in [0.717, 1.165) is 0 Å². The van der Waals surface area contributed by atoms with Gasteiger partial charge >= 0.3 is 0 Å². The van der Waals surface area contributed by atoms with E-state index in [-0.39, 0.29) is 5.69 Å². The molecule has 0 aliphatic rings. The number of halogens is 2. The van der Waals surface area contributed by atoms with Gasteiger partial charge in [-0.15, -0.1) is 4.48 Å². The van der Waals surface area contributed by atoms with Crippen molar-refractivity contribution in [3.63, 3.8) is 0 Å². The van der Waals surface area contributed by atoms with Gasteiger partial charge in [0.2, 0.25) is 0 Å². The molecule has 0 fully saturated rings. The summed E-state index contributed by atoms with van der Waals surface area (Å²) in [7, 11) is 1.46. The molecule has 0 aromatic heterocycles. The molecule has 0 atom stereocenters.